The van der Waals surface area contributed by atoms with Crippen LogP contribution in [0.4, 0.5) is 11.6 Å². The lowest BCUT2D eigenvalue weighted by molar-refractivity contribution is -0.128. The number of fused-ring (bicyclic) bond motifs is 2. The van der Waals surface area contributed by atoms with E-state index in [9.17, 15) is 29.0 Å². The molecule has 4 aromatic heterocycles. The number of hydrogen-bond donors (Lipinski definition) is 7. The smallest absolute Gasteiger partial charge is 0.386 e. The maximum atomic E-state index is 13.1. The van der Waals surface area contributed by atoms with Gasteiger partial charge in [0.1, 0.15) is 36.0 Å². The number of aliphatic hydroxyl groups excluding tert-OH is 1. The van der Waals surface area contributed by atoms with E-state index in [-0.39, 0.29) is 40.4 Å². The normalized spacial score (nSPS) is 27.1. The number of aromatic nitrogens is 8. The third-order valence-electron chi connectivity index (χ3n) is 6.91. The predicted molar refractivity (Wildman–Crippen MR) is 158 cm³/mol. The molecule has 4 aromatic rings. The molecule has 6 heterocycles. The van der Waals surface area contributed by atoms with Gasteiger partial charge in [-0.3, -0.25) is 18.4 Å². The predicted octanol–water partition coefficient (Wildman–Crippen LogP) is -0.891. The molecule has 7 atom stereocenters. The molecular formula is C20H24N10O11P2S2. The zero-order valence-electron chi connectivity index (χ0n) is 22.5. The highest BCUT2D eigenvalue weighted by molar-refractivity contribution is 8.44. The van der Waals surface area contributed by atoms with Gasteiger partial charge in [0.2, 0.25) is 0 Å². The average Bonchev–Trinajstić information content (AvgIpc) is 3.70. The molecule has 242 valence electrons. The molecule has 0 spiro atoms. The summed E-state index contributed by atoms with van der Waals surface area (Å²) in [5.74, 6) is -1.52. The standard InChI is InChI=1S/C20H24N10O11P2S2/c21-13-10-15(25-4-23-13)29(6-27-10)17-8(12(32)19(40-17)41-42(34,35)44)3-38-43(36,45)37-2-7-1-9(31)18(39-7)30-16-11(28-20(30)33)14(22)24-5-26-16/h4-8,12,17-19,32H,1-3H2,(H,28,33)(H,36,45)(H2,21,23,25)(H2,22,24,26)(H2,34,35,44)/t7-,8?,12?,17+,18+,19+,43?/m0/s1. The Kier molecular flexibility index (Phi) is 8.56. The molecule has 2 aliphatic rings. The number of nitrogens with two attached hydrogens (primary N) is 2. The van der Waals surface area contributed by atoms with Gasteiger partial charge in [-0.1, -0.05) is 12.2 Å². The minimum absolute atomic E-state index is 0.00344. The second kappa shape index (κ2) is 12.0. The van der Waals surface area contributed by atoms with Crippen LogP contribution in [0.3, 0.4) is 0 Å². The summed E-state index contributed by atoms with van der Waals surface area (Å²) in [6.45, 7) is -9.46. The molecule has 2 saturated heterocycles. The van der Waals surface area contributed by atoms with Crippen molar-refractivity contribution in [2.45, 2.75) is 37.4 Å². The van der Waals surface area contributed by atoms with Crippen LogP contribution in [0, 0.1) is 5.92 Å². The van der Waals surface area contributed by atoms with Crippen molar-refractivity contribution in [1.82, 2.24) is 39.0 Å². The molecule has 45 heavy (non-hydrogen) atoms. The van der Waals surface area contributed by atoms with Gasteiger partial charge in [0.25, 0.3) is 0 Å². The minimum atomic E-state index is -4.30. The van der Waals surface area contributed by atoms with Crippen molar-refractivity contribution in [3.05, 3.63) is 29.5 Å². The van der Waals surface area contributed by atoms with Gasteiger partial charge in [-0.25, -0.2) is 38.8 Å². The Balaban J connectivity index is 1.14. The van der Waals surface area contributed by atoms with E-state index in [1.54, 1.807) is 0 Å². The molecule has 6 rings (SSSR count). The first kappa shape index (κ1) is 32.0. The second-order valence-electron chi connectivity index (χ2n) is 9.83. The summed E-state index contributed by atoms with van der Waals surface area (Å²) in [6.07, 6.45) is -3.33. The molecule has 0 bridgehead atoms. The number of aromatic amines is 1. The first-order valence-electron chi connectivity index (χ1n) is 12.7. The van der Waals surface area contributed by atoms with E-state index < -0.39 is 75.1 Å². The third kappa shape index (κ3) is 6.39. The largest absolute Gasteiger partial charge is 0.387 e. The Hall–Kier alpha value is -2.92. The van der Waals surface area contributed by atoms with E-state index in [1.165, 1.54) is 17.2 Å². The van der Waals surface area contributed by atoms with Crippen LogP contribution in [-0.4, -0.2) is 91.4 Å². The molecule has 0 aromatic carbocycles. The zero-order chi connectivity index (χ0) is 32.3. The van der Waals surface area contributed by atoms with Gasteiger partial charge in [0, 0.05) is 6.42 Å². The molecule has 0 aliphatic carbocycles. The average molecular weight is 707 g/mol. The quantitative estimate of drug-likeness (QED) is 0.0777. The fourth-order valence-electron chi connectivity index (χ4n) is 4.92. The van der Waals surface area contributed by atoms with Crippen molar-refractivity contribution < 1.29 is 47.3 Å². The number of hydrogen-bond acceptors (Lipinski definition) is 17. The highest BCUT2D eigenvalue weighted by Crippen LogP contribution is 2.55. The minimum Gasteiger partial charge on any atom is -0.387 e. The van der Waals surface area contributed by atoms with E-state index in [0.29, 0.717) is 0 Å². The summed E-state index contributed by atoms with van der Waals surface area (Å²) in [4.78, 5) is 67.0. The first-order valence-corrected chi connectivity index (χ1v) is 18.1. The number of thiol groups is 1. The third-order valence-corrected chi connectivity index (χ3v) is 9.29. The van der Waals surface area contributed by atoms with Crippen LogP contribution in [0.5, 0.6) is 0 Å². The Morgan fingerprint density at radius 3 is 2.49 bits per heavy atom. The SMILES string of the molecule is Nc1ncnc2c1ncn2[C@@H]1O[C@H](OP(O)(O)=S)C(O)C1COP(=O)(S)OC[C@@H]1CC(=O)[C@H](n2c(=O)[nH]c3c(N)ncnc32)O1. The Morgan fingerprint density at radius 1 is 1.07 bits per heavy atom. The van der Waals surface area contributed by atoms with E-state index in [2.05, 4.69) is 54.0 Å². The highest BCUT2D eigenvalue weighted by atomic mass is 32.7. The van der Waals surface area contributed by atoms with E-state index >= 15 is 0 Å². The van der Waals surface area contributed by atoms with Gasteiger partial charge >= 0.3 is 19.2 Å². The summed E-state index contributed by atoms with van der Waals surface area (Å²) in [7, 11) is 0. The fourth-order valence-corrected chi connectivity index (χ4v) is 6.81. The van der Waals surface area contributed by atoms with Gasteiger partial charge in [-0.05, 0) is 11.8 Å². The number of ketones is 1. The molecular weight excluding hydrogens is 682 g/mol. The lowest BCUT2D eigenvalue weighted by Gasteiger charge is -2.23. The summed E-state index contributed by atoms with van der Waals surface area (Å²) < 4.78 is 42.7. The summed E-state index contributed by atoms with van der Waals surface area (Å²) in [5, 5.41) is 10.9. The zero-order valence-corrected chi connectivity index (χ0v) is 26.0. The molecule has 21 nitrogen and oxygen atoms in total. The number of ether oxygens (including phenoxy) is 2. The summed E-state index contributed by atoms with van der Waals surface area (Å²) in [6, 6.07) is 0. The van der Waals surface area contributed by atoms with Crippen molar-refractivity contribution in [2.24, 2.45) is 5.92 Å². The van der Waals surface area contributed by atoms with Crippen molar-refractivity contribution in [2.75, 3.05) is 24.7 Å². The monoisotopic (exact) mass is 706 g/mol. The number of carbonyl (C=O) groups excluding carboxylic acids is 1. The van der Waals surface area contributed by atoms with Crippen molar-refractivity contribution in [3.8, 4) is 0 Å². The number of Topliss-reactive ketones (excluding diaryl/α,β-unsaturated/α-hetero) is 1. The number of nitrogens with one attached hydrogen (secondary N) is 1. The number of H-pyrrole nitrogens is 1. The molecule has 25 heteroatoms. The fraction of sp³-hybridized carbons (Fsp3) is 0.450. The Morgan fingerprint density at radius 2 is 1.76 bits per heavy atom. The van der Waals surface area contributed by atoms with Crippen LogP contribution < -0.4 is 17.2 Å². The molecule has 0 saturated carbocycles. The Bertz CT molecular complexity index is 1930. The molecule has 8 N–H and O–H groups in total. The number of rotatable bonds is 10. The van der Waals surface area contributed by atoms with Crippen LogP contribution in [0.1, 0.15) is 18.9 Å². The first-order chi connectivity index (χ1) is 21.2. The number of nitrogens with zero attached hydrogens (tertiary/aromatic N) is 7. The number of imidazole rings is 2. The van der Waals surface area contributed by atoms with Crippen LogP contribution in [0.15, 0.2) is 23.8 Å². The molecule has 3 unspecified atom stereocenters. The van der Waals surface area contributed by atoms with E-state index in [1.807, 2.05) is 0 Å². The summed E-state index contributed by atoms with van der Waals surface area (Å²) >= 11 is 8.50. The summed E-state index contributed by atoms with van der Waals surface area (Å²) in [5.41, 5.74) is 11.5. The highest BCUT2D eigenvalue weighted by Gasteiger charge is 2.48. The van der Waals surface area contributed by atoms with Gasteiger partial charge in [-0.2, -0.15) is 0 Å². The molecule has 2 fully saturated rings. The van der Waals surface area contributed by atoms with Gasteiger partial charge in [0.15, 0.2) is 41.2 Å². The van der Waals surface area contributed by atoms with Crippen LogP contribution in [-0.2, 0) is 44.2 Å². The van der Waals surface area contributed by atoms with Crippen LogP contribution >= 0.6 is 25.8 Å². The number of anilines is 2. The van der Waals surface area contributed by atoms with Crippen molar-refractivity contribution in [1.29, 1.82) is 0 Å². The van der Waals surface area contributed by atoms with Crippen molar-refractivity contribution in [3.63, 3.8) is 0 Å². The number of carbonyl (C=O) groups is 1. The van der Waals surface area contributed by atoms with E-state index in [0.717, 1.165) is 10.9 Å². The van der Waals surface area contributed by atoms with Crippen LogP contribution in [0.2, 0.25) is 0 Å². The van der Waals surface area contributed by atoms with Gasteiger partial charge in [-0.15, -0.1) is 0 Å². The lowest BCUT2D eigenvalue weighted by Crippen LogP contribution is -2.31. The maximum Gasteiger partial charge on any atom is 0.386 e. The number of nitrogen functional groups attached to an aromatic ring is 2. The van der Waals surface area contributed by atoms with E-state index in [4.69, 9.17) is 34.5 Å². The molecule has 2 aliphatic heterocycles. The Labute approximate surface area is 260 Å². The number of aliphatic hydroxyl groups is 1. The second-order valence-corrected chi connectivity index (χ2v) is 15.4. The lowest BCUT2D eigenvalue weighted by atomic mass is 10.0. The van der Waals surface area contributed by atoms with Crippen LogP contribution in [0.25, 0.3) is 22.3 Å². The topological polar surface area (TPSA) is 300 Å². The van der Waals surface area contributed by atoms with Crippen molar-refractivity contribution >= 4 is 77.3 Å². The van der Waals surface area contributed by atoms with Gasteiger partial charge < -0.3 is 45.3 Å². The maximum absolute atomic E-state index is 13.1. The van der Waals surface area contributed by atoms with Gasteiger partial charge in [0.05, 0.1) is 31.6 Å². The molecule has 0 amide bonds. The molecule has 0 radical (unpaired) electrons.